The van der Waals surface area contributed by atoms with Crippen molar-refractivity contribution in [1.29, 1.82) is 0 Å². The molecule has 0 spiro atoms. The van der Waals surface area contributed by atoms with E-state index in [4.69, 9.17) is 0 Å². The molecule has 0 heterocycles. The zero-order valence-corrected chi connectivity index (χ0v) is 15.2. The van der Waals surface area contributed by atoms with Crippen LogP contribution in [0.2, 0.25) is 12.1 Å². The third-order valence-corrected chi connectivity index (χ3v) is 9.38. The first-order valence-electron chi connectivity index (χ1n) is 7.95. The molecule has 0 bridgehead atoms. The summed E-state index contributed by atoms with van der Waals surface area (Å²) in [5.74, 6) is 0. The van der Waals surface area contributed by atoms with E-state index in [0.717, 1.165) is 12.1 Å². The summed E-state index contributed by atoms with van der Waals surface area (Å²) in [6, 6.07) is 23.1. The second kappa shape index (κ2) is 7.84. The van der Waals surface area contributed by atoms with Crippen molar-refractivity contribution in [2.24, 2.45) is 0 Å². The second-order valence-corrected chi connectivity index (χ2v) is 9.88. The Labute approximate surface area is 141 Å². The minimum absolute atomic E-state index is 0.968. The minimum atomic E-state index is -2.05. The van der Waals surface area contributed by atoms with Crippen molar-refractivity contribution in [2.75, 3.05) is 23.2 Å². The van der Waals surface area contributed by atoms with Crippen LogP contribution in [-0.2, 0) is 0 Å². The molecule has 0 saturated heterocycles. The first-order chi connectivity index (χ1) is 11.2. The number of hydrogen-bond acceptors (Lipinski definition) is 2. The van der Waals surface area contributed by atoms with Crippen molar-refractivity contribution in [2.45, 2.75) is 12.1 Å². The predicted octanol–water partition coefficient (Wildman–Crippen LogP) is 5.07. The lowest BCUT2D eigenvalue weighted by Gasteiger charge is -2.47. The average Bonchev–Trinajstić information content (AvgIpc) is 2.61. The van der Waals surface area contributed by atoms with Gasteiger partial charge in [-0.2, -0.15) is 0 Å². The maximum atomic E-state index is 4.03. The van der Waals surface area contributed by atoms with Gasteiger partial charge in [0.2, 0.25) is 0 Å². The van der Waals surface area contributed by atoms with Gasteiger partial charge < -0.3 is 9.13 Å². The monoisotopic (exact) mass is 322 g/mol. The van der Waals surface area contributed by atoms with Crippen LogP contribution in [0.4, 0.5) is 11.4 Å². The Morgan fingerprint density at radius 1 is 0.739 bits per heavy atom. The molecule has 0 radical (unpaired) electrons. The summed E-state index contributed by atoms with van der Waals surface area (Å²) < 4.78 is 4.92. The van der Waals surface area contributed by atoms with E-state index in [-0.39, 0.29) is 0 Å². The van der Waals surface area contributed by atoms with Crippen LogP contribution in [0.25, 0.3) is 0 Å². The van der Waals surface area contributed by atoms with Gasteiger partial charge in [0.15, 0.2) is 0 Å². The van der Waals surface area contributed by atoms with E-state index in [1.807, 2.05) is 0 Å². The summed E-state index contributed by atoms with van der Waals surface area (Å²) in [5, 5.41) is 0. The molecular formula is C20H26N2Si. The van der Waals surface area contributed by atoms with Crippen LogP contribution in [0.15, 0.2) is 86.0 Å². The van der Waals surface area contributed by atoms with Gasteiger partial charge in [0.05, 0.1) is 0 Å². The van der Waals surface area contributed by atoms with Crippen molar-refractivity contribution in [3.05, 3.63) is 86.0 Å². The molecule has 0 amide bonds. The molecule has 2 rings (SSSR count). The first-order valence-corrected chi connectivity index (χ1v) is 10.3. The van der Waals surface area contributed by atoms with Gasteiger partial charge in [0.25, 0.3) is 8.40 Å². The van der Waals surface area contributed by atoms with Crippen LogP contribution in [0.3, 0.4) is 0 Å². The molecule has 0 N–H and O–H groups in total. The highest BCUT2D eigenvalue weighted by molar-refractivity contribution is 6.87. The van der Waals surface area contributed by atoms with Gasteiger partial charge in [-0.3, -0.25) is 0 Å². The lowest BCUT2D eigenvalue weighted by molar-refractivity contribution is 1.09. The molecule has 0 unspecified atom stereocenters. The summed E-state index contributed by atoms with van der Waals surface area (Å²) in [5.41, 5.74) is 2.48. The molecule has 2 aromatic rings. The summed E-state index contributed by atoms with van der Waals surface area (Å²) in [4.78, 5) is 0. The molecule has 120 valence electrons. The topological polar surface area (TPSA) is 6.48 Å². The molecule has 0 saturated carbocycles. The Hall–Kier alpha value is -2.26. The fraction of sp³-hybridized carbons (Fsp3) is 0.200. The van der Waals surface area contributed by atoms with Crippen LogP contribution in [0.1, 0.15) is 0 Å². The van der Waals surface area contributed by atoms with E-state index in [2.05, 4.69) is 109 Å². The molecule has 2 aromatic carbocycles. The smallest absolute Gasteiger partial charge is 0.271 e. The largest absolute Gasteiger partial charge is 0.383 e. The Morgan fingerprint density at radius 2 is 1.09 bits per heavy atom. The normalized spacial score (nSPS) is 10.9. The van der Waals surface area contributed by atoms with Gasteiger partial charge in [-0.25, -0.2) is 0 Å². The third-order valence-electron chi connectivity index (χ3n) is 4.48. The van der Waals surface area contributed by atoms with Gasteiger partial charge in [0.1, 0.15) is 0 Å². The number of rotatable bonds is 8. The molecule has 0 aliphatic heterocycles. The van der Waals surface area contributed by atoms with E-state index in [9.17, 15) is 0 Å². The molecule has 0 aliphatic rings. The maximum absolute atomic E-state index is 4.03. The number of anilines is 2. The minimum Gasteiger partial charge on any atom is -0.383 e. The molecule has 3 heteroatoms. The maximum Gasteiger partial charge on any atom is 0.271 e. The average molecular weight is 323 g/mol. The van der Waals surface area contributed by atoms with E-state index < -0.39 is 8.40 Å². The Bertz CT molecular complexity index is 567. The van der Waals surface area contributed by atoms with E-state index in [0.29, 0.717) is 0 Å². The zero-order valence-electron chi connectivity index (χ0n) is 14.2. The molecular weight excluding hydrogens is 296 g/mol. The number of allylic oxidation sites excluding steroid dienone is 2. The standard InChI is InChI=1S/C20H26N2Si/c1-5-17-23(18-6-2,21(3)19-13-9-7-10-14-19)22(4)20-15-11-8-12-16-20/h5-16H,1-2,17-18H2,3-4H3. The van der Waals surface area contributed by atoms with Gasteiger partial charge in [-0.15, -0.1) is 13.2 Å². The number of hydrogen-bond donors (Lipinski definition) is 0. The van der Waals surface area contributed by atoms with Crippen LogP contribution >= 0.6 is 0 Å². The van der Waals surface area contributed by atoms with Crippen LogP contribution in [-0.4, -0.2) is 22.5 Å². The Balaban J connectivity index is 2.50. The highest BCUT2D eigenvalue weighted by atomic mass is 28.3. The van der Waals surface area contributed by atoms with Crippen molar-refractivity contribution < 1.29 is 0 Å². The summed E-state index contributed by atoms with van der Waals surface area (Å²) in [6.07, 6.45) is 4.10. The van der Waals surface area contributed by atoms with E-state index in [1.54, 1.807) is 0 Å². The van der Waals surface area contributed by atoms with Crippen molar-refractivity contribution in [3.63, 3.8) is 0 Å². The molecule has 23 heavy (non-hydrogen) atoms. The van der Waals surface area contributed by atoms with Crippen molar-refractivity contribution >= 4 is 19.8 Å². The van der Waals surface area contributed by atoms with Crippen LogP contribution < -0.4 is 9.13 Å². The molecule has 0 fully saturated rings. The van der Waals surface area contributed by atoms with Crippen molar-refractivity contribution in [1.82, 2.24) is 0 Å². The van der Waals surface area contributed by atoms with Gasteiger partial charge in [-0.1, -0.05) is 48.6 Å². The van der Waals surface area contributed by atoms with E-state index >= 15 is 0 Å². The van der Waals surface area contributed by atoms with E-state index in [1.165, 1.54) is 11.4 Å². The SMILES string of the molecule is C=CC[Si](CC=C)(N(C)c1ccccc1)N(C)c1ccccc1. The van der Waals surface area contributed by atoms with Crippen molar-refractivity contribution in [3.8, 4) is 0 Å². The third kappa shape index (κ3) is 3.56. The molecule has 0 aromatic heterocycles. The molecule has 2 nitrogen and oxygen atoms in total. The highest BCUT2D eigenvalue weighted by Gasteiger charge is 2.41. The quantitative estimate of drug-likeness (QED) is 0.494. The van der Waals surface area contributed by atoms with Crippen LogP contribution in [0, 0.1) is 0 Å². The van der Waals surface area contributed by atoms with Gasteiger partial charge >= 0.3 is 0 Å². The number of benzene rings is 2. The van der Waals surface area contributed by atoms with Gasteiger partial charge in [0, 0.05) is 11.4 Å². The lowest BCUT2D eigenvalue weighted by atomic mass is 10.3. The fourth-order valence-corrected chi connectivity index (χ4v) is 7.00. The summed E-state index contributed by atoms with van der Waals surface area (Å²) >= 11 is 0. The van der Waals surface area contributed by atoms with Gasteiger partial charge in [-0.05, 0) is 50.4 Å². The first kappa shape index (κ1) is 17.1. The summed E-state index contributed by atoms with van der Waals surface area (Å²) in [6.45, 7) is 8.05. The second-order valence-electron chi connectivity index (χ2n) is 5.76. The van der Waals surface area contributed by atoms with Crippen LogP contribution in [0.5, 0.6) is 0 Å². The number of nitrogens with zero attached hydrogens (tertiary/aromatic N) is 2. The Morgan fingerprint density at radius 3 is 1.39 bits per heavy atom. The zero-order chi connectivity index (χ0) is 16.7. The molecule has 0 atom stereocenters. The fourth-order valence-electron chi connectivity index (χ4n) is 3.10. The lowest BCUT2D eigenvalue weighted by Crippen LogP contribution is -2.63. The number of para-hydroxylation sites is 2. The Kier molecular flexibility index (Phi) is 5.82. The summed E-state index contributed by atoms with van der Waals surface area (Å²) in [7, 11) is 2.35. The molecule has 0 aliphatic carbocycles. The predicted molar refractivity (Wildman–Crippen MR) is 105 cm³/mol. The highest BCUT2D eigenvalue weighted by Crippen LogP contribution is 2.32.